The summed E-state index contributed by atoms with van der Waals surface area (Å²) >= 11 is 6.00. The average molecular weight is 406 g/mol. The maximum atomic E-state index is 13.9. The molecule has 0 amide bonds. The van der Waals surface area contributed by atoms with Crippen molar-refractivity contribution in [3.63, 3.8) is 0 Å². The fourth-order valence-electron chi connectivity index (χ4n) is 2.24. The third kappa shape index (κ3) is 5.32. The van der Waals surface area contributed by atoms with Gasteiger partial charge in [-0.25, -0.2) is 4.39 Å². The molecule has 0 aliphatic rings. The number of halogens is 2. The van der Waals surface area contributed by atoms with Crippen molar-refractivity contribution in [2.24, 2.45) is 0 Å². The topological polar surface area (TPSA) is 42.2 Å². The molecule has 6 heteroatoms. The summed E-state index contributed by atoms with van der Waals surface area (Å²) in [4.78, 5) is 0. The van der Waals surface area contributed by atoms with Crippen LogP contribution in [0.25, 0.3) is 0 Å². The molecule has 0 heterocycles. The van der Waals surface area contributed by atoms with Gasteiger partial charge in [0.2, 0.25) is 0 Å². The molecule has 0 aliphatic carbocycles. The van der Waals surface area contributed by atoms with Crippen molar-refractivity contribution in [2.45, 2.75) is 45.0 Å². The first kappa shape index (κ1) is 21.4. The quantitative estimate of drug-likeness (QED) is 0.515. The molecule has 144 valence electrons. The molecule has 0 radical (unpaired) electrons. The van der Waals surface area contributed by atoms with Gasteiger partial charge < -0.3 is 9.16 Å². The Morgan fingerprint density at radius 2 is 1.78 bits per heavy atom. The van der Waals surface area contributed by atoms with Gasteiger partial charge in [0.25, 0.3) is 0 Å². The normalized spacial score (nSPS) is 13.1. The Morgan fingerprint density at radius 3 is 2.33 bits per heavy atom. The summed E-state index contributed by atoms with van der Waals surface area (Å²) in [6.45, 7) is 11.1. The molecule has 3 nitrogen and oxygen atoms in total. The molecule has 1 atom stereocenters. The van der Waals surface area contributed by atoms with E-state index in [0.29, 0.717) is 11.6 Å². The second-order valence-corrected chi connectivity index (χ2v) is 13.2. The summed E-state index contributed by atoms with van der Waals surface area (Å²) in [6.07, 6.45) is -0.481. The van der Waals surface area contributed by atoms with Gasteiger partial charge in [0.15, 0.2) is 8.32 Å². The van der Waals surface area contributed by atoms with Gasteiger partial charge in [-0.2, -0.15) is 5.26 Å². The van der Waals surface area contributed by atoms with E-state index in [9.17, 15) is 9.65 Å². The molecule has 0 saturated heterocycles. The highest BCUT2D eigenvalue weighted by atomic mass is 35.5. The van der Waals surface area contributed by atoms with Crippen LogP contribution in [0.5, 0.6) is 5.75 Å². The maximum absolute atomic E-state index is 13.9. The number of nitriles is 1. The van der Waals surface area contributed by atoms with E-state index in [1.54, 1.807) is 18.2 Å². The monoisotopic (exact) mass is 405 g/mol. The van der Waals surface area contributed by atoms with Crippen LogP contribution in [0.2, 0.25) is 23.2 Å². The Morgan fingerprint density at radius 1 is 1.15 bits per heavy atom. The van der Waals surface area contributed by atoms with Gasteiger partial charge in [0.1, 0.15) is 29.3 Å². The average Bonchev–Trinajstić information content (AvgIpc) is 2.58. The van der Waals surface area contributed by atoms with Crippen LogP contribution in [-0.2, 0) is 4.43 Å². The Labute approximate surface area is 166 Å². The van der Waals surface area contributed by atoms with Crippen molar-refractivity contribution in [2.75, 3.05) is 6.61 Å². The van der Waals surface area contributed by atoms with Crippen LogP contribution in [0.1, 0.15) is 38.0 Å². The number of hydrogen-bond acceptors (Lipinski definition) is 3. The highest BCUT2D eigenvalue weighted by Crippen LogP contribution is 2.38. The zero-order valence-electron chi connectivity index (χ0n) is 16.3. The fraction of sp³-hybridized carbons (Fsp3) is 0.381. The molecule has 0 fully saturated rings. The number of ether oxygens (including phenoxy) is 1. The van der Waals surface area contributed by atoms with Gasteiger partial charge in [0, 0.05) is 5.02 Å². The van der Waals surface area contributed by atoms with E-state index in [1.807, 2.05) is 18.2 Å². The molecule has 2 aromatic carbocycles. The Kier molecular flexibility index (Phi) is 6.69. The molecule has 0 saturated carbocycles. The summed E-state index contributed by atoms with van der Waals surface area (Å²) in [5.74, 6) is -0.397. The lowest BCUT2D eigenvalue weighted by molar-refractivity contribution is 0.120. The molecular weight excluding hydrogens is 381 g/mol. The third-order valence-corrected chi connectivity index (χ3v) is 9.75. The Balaban J connectivity index is 2.33. The largest absolute Gasteiger partial charge is 0.482 e. The molecule has 27 heavy (non-hydrogen) atoms. The van der Waals surface area contributed by atoms with E-state index >= 15 is 0 Å². The SMILES string of the molecule is CC(C)(C)[Si](C)(C)OCC(Oc1cccc(F)c1C#N)c1ccc(Cl)cc1. The lowest BCUT2D eigenvalue weighted by atomic mass is 10.1. The summed E-state index contributed by atoms with van der Waals surface area (Å²) in [5, 5.41) is 9.94. The smallest absolute Gasteiger partial charge is 0.192 e. The standard InChI is InChI=1S/C21H25ClFNO2Si/c1-21(2,3)27(4,5)25-14-20(15-9-11-16(22)12-10-15)26-19-8-6-7-18(23)17(19)13-24/h6-12,20H,14H2,1-5H3. The number of rotatable bonds is 6. The fourth-order valence-corrected chi connectivity index (χ4v) is 3.37. The summed E-state index contributed by atoms with van der Waals surface area (Å²) in [5.41, 5.74) is 0.745. The van der Waals surface area contributed by atoms with Crippen molar-refractivity contribution >= 4 is 19.9 Å². The van der Waals surface area contributed by atoms with Crippen LogP contribution in [0.4, 0.5) is 4.39 Å². The maximum Gasteiger partial charge on any atom is 0.192 e. The number of nitrogens with zero attached hydrogens (tertiary/aromatic N) is 1. The van der Waals surface area contributed by atoms with Gasteiger partial charge in [-0.1, -0.05) is 50.6 Å². The van der Waals surface area contributed by atoms with Crippen molar-refractivity contribution in [3.05, 3.63) is 64.4 Å². The lowest BCUT2D eigenvalue weighted by Gasteiger charge is -2.37. The van der Waals surface area contributed by atoms with E-state index < -0.39 is 20.2 Å². The van der Waals surface area contributed by atoms with Gasteiger partial charge in [-0.15, -0.1) is 0 Å². The molecular formula is C21H25ClFNO2Si. The highest BCUT2D eigenvalue weighted by molar-refractivity contribution is 6.74. The zero-order chi connectivity index (χ0) is 20.2. The van der Waals surface area contributed by atoms with Crippen LogP contribution in [0.3, 0.4) is 0 Å². The minimum absolute atomic E-state index is 0.0498. The first-order valence-corrected chi connectivity index (χ1v) is 12.1. The van der Waals surface area contributed by atoms with Gasteiger partial charge >= 0.3 is 0 Å². The zero-order valence-corrected chi connectivity index (χ0v) is 18.1. The third-order valence-electron chi connectivity index (χ3n) is 5.00. The van der Waals surface area contributed by atoms with E-state index in [-0.39, 0.29) is 16.4 Å². The molecule has 2 aromatic rings. The van der Waals surface area contributed by atoms with Crippen molar-refractivity contribution < 1.29 is 13.6 Å². The molecule has 0 aromatic heterocycles. The molecule has 0 bridgehead atoms. The first-order valence-electron chi connectivity index (χ1n) is 8.80. The summed E-state index contributed by atoms with van der Waals surface area (Å²) in [6, 6.07) is 13.5. The van der Waals surface area contributed by atoms with E-state index in [0.717, 1.165) is 5.56 Å². The van der Waals surface area contributed by atoms with Crippen LogP contribution in [0, 0.1) is 17.1 Å². The van der Waals surface area contributed by atoms with Crippen LogP contribution < -0.4 is 4.74 Å². The predicted molar refractivity (Wildman–Crippen MR) is 109 cm³/mol. The van der Waals surface area contributed by atoms with Gasteiger partial charge in [0.05, 0.1) is 6.61 Å². The van der Waals surface area contributed by atoms with Crippen molar-refractivity contribution in [3.8, 4) is 11.8 Å². The first-order chi connectivity index (χ1) is 12.5. The van der Waals surface area contributed by atoms with Crippen LogP contribution in [-0.4, -0.2) is 14.9 Å². The van der Waals surface area contributed by atoms with Gasteiger partial charge in [-0.05, 0) is 48.0 Å². The van der Waals surface area contributed by atoms with Gasteiger partial charge in [-0.3, -0.25) is 0 Å². The Bertz CT molecular complexity index is 826. The highest BCUT2D eigenvalue weighted by Gasteiger charge is 2.38. The van der Waals surface area contributed by atoms with Crippen LogP contribution >= 0.6 is 11.6 Å². The molecule has 1 unspecified atom stereocenters. The van der Waals surface area contributed by atoms with E-state index in [4.69, 9.17) is 20.8 Å². The predicted octanol–water partition coefficient (Wildman–Crippen LogP) is 6.49. The van der Waals surface area contributed by atoms with Crippen LogP contribution in [0.15, 0.2) is 42.5 Å². The molecule has 0 spiro atoms. The summed E-state index contributed by atoms with van der Waals surface area (Å²) in [7, 11) is -2.01. The lowest BCUT2D eigenvalue weighted by Crippen LogP contribution is -2.42. The van der Waals surface area contributed by atoms with Crippen molar-refractivity contribution in [1.82, 2.24) is 0 Å². The molecule has 0 N–H and O–H groups in total. The Hall–Kier alpha value is -1.87. The van der Waals surface area contributed by atoms with Crippen molar-refractivity contribution in [1.29, 1.82) is 5.26 Å². The second-order valence-electron chi connectivity index (χ2n) is 7.95. The molecule has 0 aliphatic heterocycles. The minimum atomic E-state index is -2.01. The number of benzene rings is 2. The second kappa shape index (κ2) is 8.43. The minimum Gasteiger partial charge on any atom is -0.482 e. The van der Waals surface area contributed by atoms with E-state index in [1.165, 1.54) is 12.1 Å². The number of hydrogen-bond donors (Lipinski definition) is 0. The van der Waals surface area contributed by atoms with E-state index in [2.05, 4.69) is 33.9 Å². The summed E-state index contributed by atoms with van der Waals surface area (Å²) < 4.78 is 26.3. The molecule has 2 rings (SSSR count).